The number of nitrogens with one attached hydrogen (secondary N) is 2. The monoisotopic (exact) mass is 427 g/mol. The van der Waals surface area contributed by atoms with Gasteiger partial charge in [0.1, 0.15) is 0 Å². The van der Waals surface area contributed by atoms with Gasteiger partial charge < -0.3 is 5.32 Å². The van der Waals surface area contributed by atoms with Gasteiger partial charge in [0.25, 0.3) is 15.9 Å². The molecule has 4 aromatic rings. The molecule has 0 unspecified atom stereocenters. The van der Waals surface area contributed by atoms with E-state index >= 15 is 0 Å². The van der Waals surface area contributed by atoms with Crippen molar-refractivity contribution in [1.82, 2.24) is 4.98 Å². The van der Waals surface area contributed by atoms with E-state index in [4.69, 9.17) is 0 Å². The summed E-state index contributed by atoms with van der Waals surface area (Å²) in [6.07, 6.45) is 3.28. The van der Waals surface area contributed by atoms with Crippen LogP contribution in [0, 0.1) is 0 Å². The van der Waals surface area contributed by atoms with Crippen molar-refractivity contribution >= 4 is 49.7 Å². The van der Waals surface area contributed by atoms with Gasteiger partial charge >= 0.3 is 0 Å². The van der Waals surface area contributed by atoms with E-state index in [1.807, 2.05) is 36.4 Å². The average molecular weight is 427 g/mol. The molecular weight excluding hydrogens is 410 g/mol. The van der Waals surface area contributed by atoms with E-state index in [0.29, 0.717) is 28.2 Å². The molecule has 2 N–H and O–H groups in total. The van der Waals surface area contributed by atoms with Crippen molar-refractivity contribution in [3.8, 4) is 0 Å². The first-order chi connectivity index (χ1) is 15.0. The first-order valence-corrected chi connectivity index (χ1v) is 11.1. The van der Waals surface area contributed by atoms with Crippen LogP contribution < -0.4 is 10.0 Å². The normalized spacial score (nSPS) is 14.5. The summed E-state index contributed by atoms with van der Waals surface area (Å²) in [6.45, 7) is 0. The highest BCUT2D eigenvalue weighted by Crippen LogP contribution is 2.35. The summed E-state index contributed by atoms with van der Waals surface area (Å²) in [6, 6.07) is 23.0. The molecule has 1 aromatic heterocycles. The molecule has 0 atom stereocenters. The van der Waals surface area contributed by atoms with Crippen LogP contribution in [0.5, 0.6) is 0 Å². The number of rotatable bonds is 4. The molecule has 0 radical (unpaired) electrons. The van der Waals surface area contributed by atoms with Crippen LogP contribution in [0.2, 0.25) is 0 Å². The molecule has 0 saturated heterocycles. The lowest BCUT2D eigenvalue weighted by atomic mass is 10.1. The summed E-state index contributed by atoms with van der Waals surface area (Å²) < 4.78 is 29.0. The van der Waals surface area contributed by atoms with Crippen molar-refractivity contribution in [2.45, 2.75) is 4.90 Å². The van der Waals surface area contributed by atoms with Gasteiger partial charge in [-0.25, -0.2) is 8.42 Å². The smallest absolute Gasteiger partial charge is 0.261 e. The lowest BCUT2D eigenvalue weighted by Gasteiger charge is -2.11. The Morgan fingerprint density at radius 3 is 2.55 bits per heavy atom. The van der Waals surface area contributed by atoms with Gasteiger partial charge in [-0.05, 0) is 47.9 Å². The molecule has 2 heterocycles. The van der Waals surface area contributed by atoms with E-state index in [2.05, 4.69) is 15.0 Å². The fourth-order valence-electron chi connectivity index (χ4n) is 3.60. The lowest BCUT2D eigenvalue weighted by molar-refractivity contribution is -0.110. The molecule has 1 aliphatic rings. The molecule has 5 rings (SSSR count). The van der Waals surface area contributed by atoms with Crippen LogP contribution in [0.25, 0.3) is 22.4 Å². The number of hydrogen-bond donors (Lipinski definition) is 2. The highest BCUT2D eigenvalue weighted by molar-refractivity contribution is 7.92. The molecule has 0 aliphatic carbocycles. The third kappa shape index (κ3) is 3.55. The van der Waals surface area contributed by atoms with Crippen LogP contribution in [0.1, 0.15) is 11.3 Å². The van der Waals surface area contributed by atoms with E-state index in [0.717, 1.165) is 10.8 Å². The van der Waals surface area contributed by atoms with Crippen LogP contribution in [-0.2, 0) is 14.8 Å². The van der Waals surface area contributed by atoms with E-state index in [9.17, 15) is 13.2 Å². The third-order valence-electron chi connectivity index (χ3n) is 5.10. The summed E-state index contributed by atoms with van der Waals surface area (Å²) in [5, 5.41) is 4.51. The summed E-state index contributed by atoms with van der Waals surface area (Å²) in [7, 11) is -3.87. The van der Waals surface area contributed by atoms with E-state index < -0.39 is 10.0 Å². The molecule has 0 spiro atoms. The number of pyridine rings is 1. The highest BCUT2D eigenvalue weighted by atomic mass is 32.2. The second-order valence-corrected chi connectivity index (χ2v) is 8.79. The number of carbonyl (C=O) groups is 1. The number of nitrogens with zero attached hydrogens (tertiary/aromatic N) is 1. The zero-order valence-electron chi connectivity index (χ0n) is 16.2. The molecule has 3 aromatic carbocycles. The molecule has 152 valence electrons. The fourth-order valence-corrected chi connectivity index (χ4v) is 4.71. The SMILES string of the molecule is O=C1Nc2ccc(S(=O)(=O)Nc3cccc4ccccc34)cc2/C1=C\c1ccccn1. The van der Waals surface area contributed by atoms with Crippen LogP contribution in [0.15, 0.2) is 90.0 Å². The van der Waals surface area contributed by atoms with Gasteiger partial charge in [-0.1, -0.05) is 42.5 Å². The Labute approximate surface area is 179 Å². The van der Waals surface area contributed by atoms with Gasteiger partial charge in [0.05, 0.1) is 21.8 Å². The zero-order valence-corrected chi connectivity index (χ0v) is 17.1. The van der Waals surface area contributed by atoms with E-state index in [1.54, 1.807) is 42.6 Å². The van der Waals surface area contributed by atoms with Crippen molar-refractivity contribution in [1.29, 1.82) is 0 Å². The number of carbonyl (C=O) groups excluding carboxylic acids is 1. The molecule has 1 aliphatic heterocycles. The van der Waals surface area contributed by atoms with Crippen molar-refractivity contribution < 1.29 is 13.2 Å². The molecule has 31 heavy (non-hydrogen) atoms. The Morgan fingerprint density at radius 1 is 0.903 bits per heavy atom. The van der Waals surface area contributed by atoms with Crippen molar-refractivity contribution in [2.75, 3.05) is 10.0 Å². The lowest BCUT2D eigenvalue weighted by Crippen LogP contribution is -2.13. The Bertz CT molecular complexity index is 1460. The summed E-state index contributed by atoms with van der Waals surface area (Å²) >= 11 is 0. The first-order valence-electron chi connectivity index (χ1n) is 9.60. The van der Waals surface area contributed by atoms with Gasteiger partial charge in [-0.3, -0.25) is 14.5 Å². The highest BCUT2D eigenvalue weighted by Gasteiger charge is 2.27. The number of aromatic nitrogens is 1. The van der Waals surface area contributed by atoms with Crippen molar-refractivity contribution in [3.05, 3.63) is 96.3 Å². The van der Waals surface area contributed by atoms with Gasteiger partial charge in [0, 0.05) is 22.8 Å². The first kappa shape index (κ1) is 19.0. The minimum atomic E-state index is -3.87. The minimum Gasteiger partial charge on any atom is -0.321 e. The average Bonchev–Trinajstić information content (AvgIpc) is 3.09. The number of fused-ring (bicyclic) bond motifs is 2. The predicted octanol–water partition coefficient (Wildman–Crippen LogP) is 4.53. The standard InChI is InChI=1S/C24H17N3O3S/c28-24-21(14-17-8-3-4-13-25-17)20-15-18(11-12-22(20)26-24)31(29,30)27-23-10-5-7-16-6-1-2-9-19(16)23/h1-15,27H,(H,26,28)/b21-14+. The second-order valence-electron chi connectivity index (χ2n) is 7.11. The number of amides is 1. The van der Waals surface area contributed by atoms with Gasteiger partial charge in [0.15, 0.2) is 0 Å². The number of sulfonamides is 1. The number of anilines is 2. The molecule has 1 amide bonds. The topological polar surface area (TPSA) is 88.2 Å². The third-order valence-corrected chi connectivity index (χ3v) is 6.46. The Hall–Kier alpha value is -3.97. The maximum absolute atomic E-state index is 13.1. The summed E-state index contributed by atoms with van der Waals surface area (Å²) in [5.41, 5.74) is 2.57. The molecule has 0 fully saturated rings. The van der Waals surface area contributed by atoms with Crippen LogP contribution in [0.4, 0.5) is 11.4 Å². The maximum Gasteiger partial charge on any atom is 0.261 e. The molecule has 0 saturated carbocycles. The quantitative estimate of drug-likeness (QED) is 0.469. The van der Waals surface area contributed by atoms with Crippen molar-refractivity contribution in [3.63, 3.8) is 0 Å². The number of hydrogen-bond acceptors (Lipinski definition) is 4. The largest absolute Gasteiger partial charge is 0.321 e. The van der Waals surface area contributed by atoms with Crippen LogP contribution in [0.3, 0.4) is 0 Å². The van der Waals surface area contributed by atoms with E-state index in [-0.39, 0.29) is 10.8 Å². The van der Waals surface area contributed by atoms with Crippen LogP contribution >= 0.6 is 0 Å². The van der Waals surface area contributed by atoms with Gasteiger partial charge in [-0.15, -0.1) is 0 Å². The van der Waals surface area contributed by atoms with Gasteiger partial charge in [-0.2, -0.15) is 0 Å². The zero-order chi connectivity index (χ0) is 21.4. The second kappa shape index (κ2) is 7.37. The Morgan fingerprint density at radius 2 is 1.71 bits per heavy atom. The Kier molecular flexibility index (Phi) is 4.52. The summed E-state index contributed by atoms with van der Waals surface area (Å²) in [5.74, 6) is -0.294. The van der Waals surface area contributed by atoms with Crippen LogP contribution in [-0.4, -0.2) is 19.3 Å². The minimum absolute atomic E-state index is 0.0719. The fraction of sp³-hybridized carbons (Fsp3) is 0. The van der Waals surface area contributed by atoms with Gasteiger partial charge in [0.2, 0.25) is 0 Å². The molecular formula is C24H17N3O3S. The maximum atomic E-state index is 13.1. The Balaban J connectivity index is 1.55. The summed E-state index contributed by atoms with van der Waals surface area (Å²) in [4.78, 5) is 16.8. The predicted molar refractivity (Wildman–Crippen MR) is 122 cm³/mol. The van der Waals surface area contributed by atoms with Crippen molar-refractivity contribution in [2.24, 2.45) is 0 Å². The number of benzene rings is 3. The molecule has 0 bridgehead atoms. The van der Waals surface area contributed by atoms with E-state index in [1.165, 1.54) is 12.1 Å². The molecule has 6 nitrogen and oxygen atoms in total. The molecule has 7 heteroatoms.